The van der Waals surface area contributed by atoms with Gasteiger partial charge < -0.3 is 5.32 Å². The fourth-order valence-corrected chi connectivity index (χ4v) is 4.52. The number of amides is 1. The molecule has 1 fully saturated rings. The van der Waals surface area contributed by atoms with E-state index in [2.05, 4.69) is 32.7 Å². The lowest BCUT2D eigenvalue weighted by Crippen LogP contribution is -2.34. The highest BCUT2D eigenvalue weighted by atomic mass is 32.1. The maximum Gasteiger partial charge on any atom is 0.226 e. The van der Waals surface area contributed by atoms with Crippen LogP contribution < -0.4 is 5.32 Å². The van der Waals surface area contributed by atoms with Gasteiger partial charge in [-0.05, 0) is 42.0 Å². The smallest absolute Gasteiger partial charge is 0.226 e. The van der Waals surface area contributed by atoms with Gasteiger partial charge in [-0.25, -0.2) is 9.67 Å². The van der Waals surface area contributed by atoms with E-state index in [1.807, 2.05) is 6.92 Å². The summed E-state index contributed by atoms with van der Waals surface area (Å²) in [4.78, 5) is 18.3. The zero-order chi connectivity index (χ0) is 17.0. The van der Waals surface area contributed by atoms with Gasteiger partial charge in [-0.1, -0.05) is 26.2 Å². The van der Waals surface area contributed by atoms with Crippen LogP contribution in [0.4, 0.5) is 5.13 Å². The molecule has 7 nitrogen and oxygen atoms in total. The molecule has 1 saturated carbocycles. The third kappa shape index (κ3) is 3.98. The Balaban J connectivity index is 1.68. The van der Waals surface area contributed by atoms with Crippen LogP contribution in [0.15, 0.2) is 6.33 Å². The molecule has 0 spiro atoms. The topological polar surface area (TPSA) is 85.6 Å². The van der Waals surface area contributed by atoms with Crippen LogP contribution in [0.2, 0.25) is 0 Å². The van der Waals surface area contributed by atoms with Gasteiger partial charge in [0, 0.05) is 11.3 Å². The summed E-state index contributed by atoms with van der Waals surface area (Å²) in [6, 6.07) is 0. The van der Waals surface area contributed by atoms with Crippen LogP contribution in [-0.4, -0.2) is 31.1 Å². The van der Waals surface area contributed by atoms with Crippen molar-refractivity contribution >= 4 is 22.4 Å². The van der Waals surface area contributed by atoms with Crippen molar-refractivity contribution in [2.45, 2.75) is 65.3 Å². The number of carbonyl (C=O) groups is 1. The van der Waals surface area contributed by atoms with E-state index in [9.17, 15) is 4.79 Å². The maximum absolute atomic E-state index is 12.6. The van der Waals surface area contributed by atoms with Crippen LogP contribution in [-0.2, 0) is 17.8 Å². The van der Waals surface area contributed by atoms with Crippen LogP contribution in [0.25, 0.3) is 0 Å². The molecule has 0 aromatic carbocycles. The molecule has 0 aliphatic heterocycles. The van der Waals surface area contributed by atoms with Crippen molar-refractivity contribution in [2.75, 3.05) is 5.32 Å². The zero-order valence-electron chi connectivity index (χ0n) is 14.3. The molecule has 0 saturated heterocycles. The molecule has 2 heterocycles. The first-order valence-corrected chi connectivity index (χ1v) is 9.39. The molecule has 1 amide bonds. The van der Waals surface area contributed by atoms with Crippen molar-refractivity contribution in [1.29, 1.82) is 0 Å². The lowest BCUT2D eigenvalue weighted by Gasteiger charge is -2.36. The van der Waals surface area contributed by atoms with Crippen LogP contribution in [0.1, 0.15) is 56.0 Å². The number of tetrazole rings is 1. The molecule has 0 bridgehead atoms. The van der Waals surface area contributed by atoms with E-state index in [0.29, 0.717) is 18.1 Å². The zero-order valence-corrected chi connectivity index (χ0v) is 15.1. The second-order valence-electron chi connectivity index (χ2n) is 6.67. The fourth-order valence-electron chi connectivity index (χ4n) is 3.60. The van der Waals surface area contributed by atoms with Crippen LogP contribution in [0.3, 0.4) is 0 Å². The highest BCUT2D eigenvalue weighted by Gasteiger charge is 2.35. The number of nitrogens with one attached hydrogen (secondary N) is 1. The fraction of sp³-hybridized carbons (Fsp3) is 0.688. The van der Waals surface area contributed by atoms with Gasteiger partial charge in [-0.3, -0.25) is 4.79 Å². The number of thiazole rings is 1. The molecule has 1 aliphatic carbocycles. The average Bonchev–Trinajstić information content (AvgIpc) is 3.17. The Morgan fingerprint density at radius 1 is 1.38 bits per heavy atom. The molecule has 3 rings (SSSR count). The largest absolute Gasteiger partial charge is 0.302 e. The second-order valence-corrected chi connectivity index (χ2v) is 7.87. The Labute approximate surface area is 145 Å². The van der Waals surface area contributed by atoms with E-state index in [4.69, 9.17) is 0 Å². The summed E-state index contributed by atoms with van der Waals surface area (Å²) < 4.78 is 1.75. The number of hydrogen-bond donors (Lipinski definition) is 1. The SMILES string of the molecule is CCc1nc(NC(=O)CC2(Cn3cnnn3)CCCCC2)sc1C. The van der Waals surface area contributed by atoms with Gasteiger partial charge in [-0.15, -0.1) is 16.4 Å². The Morgan fingerprint density at radius 3 is 2.79 bits per heavy atom. The van der Waals surface area contributed by atoms with E-state index in [0.717, 1.165) is 37.8 Å². The van der Waals surface area contributed by atoms with Gasteiger partial charge in [-0.2, -0.15) is 0 Å². The summed E-state index contributed by atoms with van der Waals surface area (Å²) in [5.41, 5.74) is 1.01. The summed E-state index contributed by atoms with van der Waals surface area (Å²) in [6.07, 6.45) is 8.65. The molecule has 0 radical (unpaired) electrons. The molecule has 8 heteroatoms. The Morgan fingerprint density at radius 2 is 2.17 bits per heavy atom. The van der Waals surface area contributed by atoms with Gasteiger partial charge in [0.25, 0.3) is 0 Å². The number of aryl methyl sites for hydroxylation is 2. The van der Waals surface area contributed by atoms with E-state index in [-0.39, 0.29) is 11.3 Å². The number of nitrogens with zero attached hydrogens (tertiary/aromatic N) is 5. The van der Waals surface area contributed by atoms with Gasteiger partial charge in [0.2, 0.25) is 5.91 Å². The van der Waals surface area contributed by atoms with Crippen LogP contribution >= 0.6 is 11.3 Å². The van der Waals surface area contributed by atoms with E-state index < -0.39 is 0 Å². The van der Waals surface area contributed by atoms with Crippen LogP contribution in [0.5, 0.6) is 0 Å². The standard InChI is InChI=1S/C16H24N6OS/c1-3-13-12(2)24-15(18-13)19-14(23)9-16(7-5-4-6-8-16)10-22-11-17-20-21-22/h11H,3-10H2,1-2H3,(H,18,19,23). The molecule has 2 aromatic heterocycles. The molecular weight excluding hydrogens is 324 g/mol. The minimum Gasteiger partial charge on any atom is -0.302 e. The first-order valence-electron chi connectivity index (χ1n) is 8.57. The predicted molar refractivity (Wildman–Crippen MR) is 92.8 cm³/mol. The quantitative estimate of drug-likeness (QED) is 0.867. The minimum atomic E-state index is -0.0579. The van der Waals surface area contributed by atoms with E-state index >= 15 is 0 Å². The van der Waals surface area contributed by atoms with Crippen molar-refractivity contribution in [1.82, 2.24) is 25.2 Å². The monoisotopic (exact) mass is 348 g/mol. The maximum atomic E-state index is 12.6. The van der Waals surface area contributed by atoms with Crippen molar-refractivity contribution < 1.29 is 4.79 Å². The summed E-state index contributed by atoms with van der Waals surface area (Å²) in [7, 11) is 0. The van der Waals surface area contributed by atoms with Gasteiger partial charge >= 0.3 is 0 Å². The molecule has 1 N–H and O–H groups in total. The summed E-state index contributed by atoms with van der Waals surface area (Å²) in [5.74, 6) is 0.0429. The second kappa shape index (κ2) is 7.38. The summed E-state index contributed by atoms with van der Waals surface area (Å²) >= 11 is 1.55. The van der Waals surface area contributed by atoms with Gasteiger partial charge in [0.15, 0.2) is 5.13 Å². The lowest BCUT2D eigenvalue weighted by atomic mass is 9.71. The van der Waals surface area contributed by atoms with Gasteiger partial charge in [0.05, 0.1) is 12.2 Å². The summed E-state index contributed by atoms with van der Waals surface area (Å²) in [6.45, 7) is 4.83. The van der Waals surface area contributed by atoms with E-state index in [1.165, 1.54) is 11.3 Å². The Hall–Kier alpha value is -1.83. The molecule has 2 aromatic rings. The molecule has 0 atom stereocenters. The first-order chi connectivity index (χ1) is 11.6. The number of aromatic nitrogens is 5. The van der Waals surface area contributed by atoms with Crippen molar-refractivity contribution in [2.24, 2.45) is 5.41 Å². The van der Waals surface area contributed by atoms with Crippen molar-refractivity contribution in [3.05, 3.63) is 16.9 Å². The van der Waals surface area contributed by atoms with Crippen LogP contribution in [0, 0.1) is 12.3 Å². The highest BCUT2D eigenvalue weighted by Crippen LogP contribution is 2.41. The predicted octanol–water partition coefficient (Wildman–Crippen LogP) is 2.98. The molecule has 0 unspecified atom stereocenters. The summed E-state index contributed by atoms with van der Waals surface area (Å²) in [5, 5.41) is 15.1. The lowest BCUT2D eigenvalue weighted by molar-refractivity contribution is -0.119. The average molecular weight is 348 g/mol. The Bertz CT molecular complexity index is 675. The van der Waals surface area contributed by atoms with Crippen molar-refractivity contribution in [3.63, 3.8) is 0 Å². The molecule has 1 aliphatic rings. The minimum absolute atomic E-state index is 0.0429. The van der Waals surface area contributed by atoms with E-state index in [1.54, 1.807) is 22.3 Å². The molecular formula is C16H24N6OS. The molecule has 24 heavy (non-hydrogen) atoms. The number of anilines is 1. The Kier molecular flexibility index (Phi) is 5.23. The third-order valence-corrected chi connectivity index (χ3v) is 5.74. The normalized spacial score (nSPS) is 16.9. The number of hydrogen-bond acceptors (Lipinski definition) is 6. The number of carbonyl (C=O) groups excluding carboxylic acids is 1. The highest BCUT2D eigenvalue weighted by molar-refractivity contribution is 7.15. The first kappa shape index (κ1) is 17.0. The number of rotatable bonds is 6. The third-order valence-electron chi connectivity index (χ3n) is 4.81. The molecule has 130 valence electrons. The van der Waals surface area contributed by atoms with Crippen molar-refractivity contribution in [3.8, 4) is 0 Å². The van der Waals surface area contributed by atoms with Gasteiger partial charge in [0.1, 0.15) is 6.33 Å².